The van der Waals surface area contributed by atoms with Gasteiger partial charge in [0.05, 0.1) is 11.7 Å². The molecule has 3 heterocycles. The van der Waals surface area contributed by atoms with Crippen molar-refractivity contribution in [2.24, 2.45) is 0 Å². The highest BCUT2D eigenvalue weighted by Gasteiger charge is 2.33. The fourth-order valence-corrected chi connectivity index (χ4v) is 3.96. The van der Waals surface area contributed by atoms with Gasteiger partial charge in [-0.3, -0.25) is 4.79 Å². The van der Waals surface area contributed by atoms with Crippen LogP contribution in [0, 0.1) is 12.7 Å². The number of rotatable bonds is 2. The van der Waals surface area contributed by atoms with Crippen molar-refractivity contribution in [2.45, 2.75) is 26.4 Å². The topological polar surface area (TPSA) is 89.9 Å². The Morgan fingerprint density at radius 2 is 2.00 bits per heavy atom. The molecule has 0 saturated carbocycles. The van der Waals surface area contributed by atoms with Crippen molar-refractivity contribution < 1.29 is 9.18 Å². The molecule has 0 saturated heterocycles. The minimum atomic E-state index is -0.368. The second-order valence-corrected chi connectivity index (χ2v) is 6.94. The summed E-state index contributed by atoms with van der Waals surface area (Å²) in [4.78, 5) is 23.4. The second-order valence-electron chi connectivity index (χ2n) is 6.19. The number of nitrogens with zero attached hydrogens (tertiary/aromatic N) is 5. The van der Waals surface area contributed by atoms with Gasteiger partial charge in [0.2, 0.25) is 0 Å². The molecular weight excluding hydrogens is 355 g/mol. The maximum atomic E-state index is 13.1. The van der Waals surface area contributed by atoms with Crippen LogP contribution < -0.4 is 5.73 Å². The van der Waals surface area contributed by atoms with Crippen molar-refractivity contribution in [3.63, 3.8) is 0 Å². The van der Waals surface area contributed by atoms with Gasteiger partial charge in [-0.15, -0.1) is 0 Å². The summed E-state index contributed by atoms with van der Waals surface area (Å²) in [7, 11) is 0. The van der Waals surface area contributed by atoms with Crippen molar-refractivity contribution in [3.05, 3.63) is 47.2 Å². The molecule has 1 aliphatic rings. The van der Waals surface area contributed by atoms with Crippen LogP contribution in [0.3, 0.4) is 0 Å². The molecule has 0 unspecified atom stereocenters. The third-order valence-electron chi connectivity index (χ3n) is 4.53. The highest BCUT2D eigenvalue weighted by atomic mass is 32.1. The van der Waals surface area contributed by atoms with E-state index in [0.29, 0.717) is 41.1 Å². The van der Waals surface area contributed by atoms with E-state index in [0.717, 1.165) is 5.69 Å². The average Bonchev–Trinajstić information content (AvgIpc) is 3.19. The van der Waals surface area contributed by atoms with E-state index in [4.69, 9.17) is 5.73 Å². The Hall–Kier alpha value is -2.81. The Morgan fingerprint density at radius 3 is 2.65 bits per heavy atom. The van der Waals surface area contributed by atoms with Crippen LogP contribution in [0.2, 0.25) is 0 Å². The average molecular weight is 372 g/mol. The summed E-state index contributed by atoms with van der Waals surface area (Å²) in [6, 6.07) is 5.31. The van der Waals surface area contributed by atoms with E-state index in [9.17, 15) is 9.18 Å². The molecule has 4 rings (SSSR count). The predicted molar refractivity (Wildman–Crippen MR) is 96.1 cm³/mol. The summed E-state index contributed by atoms with van der Waals surface area (Å²) < 4.78 is 19.3. The number of hydrogen-bond acceptors (Lipinski definition) is 6. The Balaban J connectivity index is 1.69. The van der Waals surface area contributed by atoms with Crippen LogP contribution in [0.1, 0.15) is 34.8 Å². The van der Waals surface area contributed by atoms with Gasteiger partial charge in [0, 0.05) is 18.7 Å². The standard InChI is InChI=1S/C17H17FN6OS/c1-9-13-14(19)21-15(16-20-10(2)22-26-16)24(13)8-7-23(9)17(25)11-3-5-12(18)6-4-11/h3-6,9H,7-8,19H2,1-2H3/t9-/m1/s1. The smallest absolute Gasteiger partial charge is 0.254 e. The molecule has 26 heavy (non-hydrogen) atoms. The van der Waals surface area contributed by atoms with Crippen molar-refractivity contribution in [2.75, 3.05) is 12.3 Å². The number of imidazole rings is 1. The van der Waals surface area contributed by atoms with Gasteiger partial charge >= 0.3 is 0 Å². The number of aryl methyl sites for hydroxylation is 1. The number of fused-ring (bicyclic) bond motifs is 1. The van der Waals surface area contributed by atoms with E-state index in [1.54, 1.807) is 4.90 Å². The number of nitrogen functional groups attached to an aromatic ring is 1. The molecule has 0 radical (unpaired) electrons. The molecule has 1 atom stereocenters. The van der Waals surface area contributed by atoms with Crippen molar-refractivity contribution >= 4 is 23.3 Å². The molecule has 1 aromatic carbocycles. The highest BCUT2D eigenvalue weighted by molar-refractivity contribution is 7.09. The predicted octanol–water partition coefficient (Wildman–Crippen LogP) is 2.65. The zero-order chi connectivity index (χ0) is 18.4. The summed E-state index contributed by atoms with van der Waals surface area (Å²) in [5.41, 5.74) is 7.39. The second kappa shape index (κ2) is 6.17. The molecule has 7 nitrogen and oxygen atoms in total. The lowest BCUT2D eigenvalue weighted by atomic mass is 10.1. The Morgan fingerprint density at radius 1 is 1.27 bits per heavy atom. The monoisotopic (exact) mass is 372 g/mol. The number of halogens is 1. The minimum Gasteiger partial charge on any atom is -0.382 e. The van der Waals surface area contributed by atoms with Crippen molar-refractivity contribution in [1.82, 2.24) is 23.8 Å². The van der Waals surface area contributed by atoms with Gasteiger partial charge < -0.3 is 15.2 Å². The molecule has 0 aliphatic carbocycles. The molecule has 2 aromatic heterocycles. The SMILES string of the molecule is Cc1nsc(-c2nc(N)c3n2CCN(C(=O)c2ccc(F)cc2)[C@@H]3C)n1. The zero-order valence-corrected chi connectivity index (χ0v) is 15.1. The van der Waals surface area contributed by atoms with Crippen molar-refractivity contribution in [3.8, 4) is 10.8 Å². The first kappa shape index (κ1) is 16.6. The van der Waals surface area contributed by atoms with Gasteiger partial charge in [0.1, 0.15) is 17.5 Å². The summed E-state index contributed by atoms with van der Waals surface area (Å²) in [5, 5.41) is 0.714. The molecule has 3 aromatic rings. The third kappa shape index (κ3) is 2.64. The van der Waals surface area contributed by atoms with E-state index in [2.05, 4.69) is 14.3 Å². The Kier molecular flexibility index (Phi) is 3.95. The normalized spacial score (nSPS) is 16.6. The fraction of sp³-hybridized carbons (Fsp3) is 0.294. The molecule has 0 bridgehead atoms. The van der Waals surface area contributed by atoms with Crippen LogP contribution in [0.25, 0.3) is 10.8 Å². The third-order valence-corrected chi connectivity index (χ3v) is 5.34. The van der Waals surface area contributed by atoms with Crippen LogP contribution in [-0.2, 0) is 6.54 Å². The summed E-state index contributed by atoms with van der Waals surface area (Å²) in [6.45, 7) is 4.81. The van der Waals surface area contributed by atoms with E-state index in [1.807, 2.05) is 18.4 Å². The first-order valence-electron chi connectivity index (χ1n) is 8.19. The lowest BCUT2D eigenvalue weighted by Gasteiger charge is -2.35. The lowest BCUT2D eigenvalue weighted by molar-refractivity contribution is 0.0646. The number of hydrogen-bond donors (Lipinski definition) is 1. The number of carbonyl (C=O) groups is 1. The van der Waals surface area contributed by atoms with Gasteiger partial charge in [0.15, 0.2) is 10.8 Å². The largest absolute Gasteiger partial charge is 0.382 e. The number of aromatic nitrogens is 4. The van der Waals surface area contributed by atoms with Gasteiger partial charge in [-0.2, -0.15) is 4.37 Å². The van der Waals surface area contributed by atoms with Gasteiger partial charge in [0.25, 0.3) is 5.91 Å². The van der Waals surface area contributed by atoms with Crippen LogP contribution in [0.15, 0.2) is 24.3 Å². The highest BCUT2D eigenvalue weighted by Crippen LogP contribution is 2.35. The van der Waals surface area contributed by atoms with Crippen LogP contribution in [-0.4, -0.2) is 36.3 Å². The van der Waals surface area contributed by atoms with Gasteiger partial charge in [-0.25, -0.2) is 14.4 Å². The molecule has 0 fully saturated rings. The molecular formula is C17H17FN6OS. The number of nitrogens with two attached hydrogens (primary N) is 1. The Bertz CT molecular complexity index is 980. The molecule has 9 heteroatoms. The van der Waals surface area contributed by atoms with Crippen molar-refractivity contribution in [1.29, 1.82) is 0 Å². The molecule has 0 spiro atoms. The maximum absolute atomic E-state index is 13.1. The number of benzene rings is 1. The van der Waals surface area contributed by atoms with E-state index >= 15 is 0 Å². The van der Waals surface area contributed by atoms with Gasteiger partial charge in [-0.05, 0) is 49.6 Å². The number of carbonyl (C=O) groups excluding carboxylic acids is 1. The van der Waals surface area contributed by atoms with E-state index < -0.39 is 0 Å². The molecule has 1 aliphatic heterocycles. The lowest BCUT2D eigenvalue weighted by Crippen LogP contribution is -2.41. The molecule has 1 amide bonds. The molecule has 2 N–H and O–H groups in total. The Labute approximate surface area is 153 Å². The first-order chi connectivity index (χ1) is 12.5. The number of amides is 1. The van der Waals surface area contributed by atoms with Crippen LogP contribution in [0.4, 0.5) is 10.2 Å². The maximum Gasteiger partial charge on any atom is 0.254 e. The van der Waals surface area contributed by atoms with E-state index in [-0.39, 0.29) is 17.8 Å². The summed E-state index contributed by atoms with van der Waals surface area (Å²) >= 11 is 1.28. The summed E-state index contributed by atoms with van der Waals surface area (Å²) in [5.74, 6) is 1.24. The van der Waals surface area contributed by atoms with E-state index in [1.165, 1.54) is 35.8 Å². The fourth-order valence-electron chi connectivity index (χ4n) is 3.29. The minimum absolute atomic E-state index is 0.155. The zero-order valence-electron chi connectivity index (χ0n) is 14.3. The first-order valence-corrected chi connectivity index (χ1v) is 8.96. The quantitative estimate of drug-likeness (QED) is 0.747. The van der Waals surface area contributed by atoms with Crippen LogP contribution >= 0.6 is 11.5 Å². The summed E-state index contributed by atoms with van der Waals surface area (Å²) in [6.07, 6.45) is 0. The number of anilines is 1. The van der Waals surface area contributed by atoms with Crippen LogP contribution in [0.5, 0.6) is 0 Å². The molecule has 134 valence electrons. The van der Waals surface area contributed by atoms with Gasteiger partial charge in [-0.1, -0.05) is 0 Å².